The third-order valence-corrected chi connectivity index (χ3v) is 2.37. The Balaban J connectivity index is 2.64. The first-order valence-electron chi connectivity index (χ1n) is 5.67. The molecule has 2 nitrogen and oxygen atoms in total. The van der Waals surface area contributed by atoms with Gasteiger partial charge in [-0.25, -0.2) is 4.39 Å². The molecule has 0 heterocycles. The average molecular weight is 224 g/mol. The van der Waals surface area contributed by atoms with Crippen LogP contribution in [0.15, 0.2) is 18.2 Å². The molecule has 0 saturated heterocycles. The van der Waals surface area contributed by atoms with Gasteiger partial charge in [0.1, 0.15) is 5.82 Å². The Bertz CT molecular complexity index is 335. The number of anilines is 1. The quantitative estimate of drug-likeness (QED) is 0.827. The molecule has 1 rings (SSSR count). The molecule has 0 aromatic heterocycles. The standard InChI is InChI=1S/C13H21FN2/c1-10(2)8-15-9-11-5-6-12(14)13(7-11)16(3)4/h5-7,10,15H,8-9H2,1-4H3. The number of benzene rings is 1. The van der Waals surface area contributed by atoms with Crippen molar-refractivity contribution in [1.29, 1.82) is 0 Å². The van der Waals surface area contributed by atoms with E-state index in [2.05, 4.69) is 19.2 Å². The van der Waals surface area contributed by atoms with E-state index < -0.39 is 0 Å². The maximum absolute atomic E-state index is 13.4. The molecule has 0 aliphatic heterocycles. The molecule has 0 bridgehead atoms. The summed E-state index contributed by atoms with van der Waals surface area (Å²) in [5.41, 5.74) is 1.76. The van der Waals surface area contributed by atoms with Crippen molar-refractivity contribution in [3.8, 4) is 0 Å². The lowest BCUT2D eigenvalue weighted by molar-refractivity contribution is 0.551. The molecule has 90 valence electrons. The summed E-state index contributed by atoms with van der Waals surface area (Å²) < 4.78 is 13.4. The summed E-state index contributed by atoms with van der Waals surface area (Å²) in [6.07, 6.45) is 0. The second kappa shape index (κ2) is 5.85. The van der Waals surface area contributed by atoms with Gasteiger partial charge in [-0.3, -0.25) is 0 Å². The lowest BCUT2D eigenvalue weighted by Gasteiger charge is -2.15. The smallest absolute Gasteiger partial charge is 0.146 e. The lowest BCUT2D eigenvalue weighted by Crippen LogP contribution is -2.19. The van der Waals surface area contributed by atoms with E-state index in [1.165, 1.54) is 6.07 Å². The predicted octanol–water partition coefficient (Wildman–Crippen LogP) is 2.64. The maximum atomic E-state index is 13.4. The molecular formula is C13H21FN2. The van der Waals surface area contributed by atoms with Crippen LogP contribution in [0.4, 0.5) is 10.1 Å². The maximum Gasteiger partial charge on any atom is 0.146 e. The summed E-state index contributed by atoms with van der Waals surface area (Å²) in [5, 5.41) is 3.35. The summed E-state index contributed by atoms with van der Waals surface area (Å²) in [4.78, 5) is 1.79. The van der Waals surface area contributed by atoms with E-state index in [9.17, 15) is 4.39 Å². The molecule has 0 radical (unpaired) electrons. The molecule has 0 unspecified atom stereocenters. The normalized spacial score (nSPS) is 10.9. The van der Waals surface area contributed by atoms with Crippen LogP contribution in [0.1, 0.15) is 19.4 Å². The molecule has 1 aromatic carbocycles. The van der Waals surface area contributed by atoms with Gasteiger partial charge in [0.15, 0.2) is 0 Å². The Morgan fingerprint density at radius 1 is 1.31 bits per heavy atom. The van der Waals surface area contributed by atoms with Crippen molar-refractivity contribution in [3.05, 3.63) is 29.6 Å². The molecule has 16 heavy (non-hydrogen) atoms. The minimum Gasteiger partial charge on any atom is -0.375 e. The second-order valence-corrected chi connectivity index (χ2v) is 4.70. The van der Waals surface area contributed by atoms with Crippen molar-refractivity contribution >= 4 is 5.69 Å². The summed E-state index contributed by atoms with van der Waals surface area (Å²) in [6, 6.07) is 5.25. The fourth-order valence-corrected chi connectivity index (χ4v) is 1.52. The van der Waals surface area contributed by atoms with Crippen LogP contribution in [0.5, 0.6) is 0 Å². The number of nitrogens with one attached hydrogen (secondary N) is 1. The van der Waals surface area contributed by atoms with Crippen LogP contribution in [0.2, 0.25) is 0 Å². The van der Waals surface area contributed by atoms with Crippen LogP contribution in [0.25, 0.3) is 0 Å². The van der Waals surface area contributed by atoms with E-state index in [-0.39, 0.29) is 5.82 Å². The molecule has 0 atom stereocenters. The van der Waals surface area contributed by atoms with Crippen LogP contribution >= 0.6 is 0 Å². The Morgan fingerprint density at radius 3 is 2.56 bits per heavy atom. The SMILES string of the molecule is CC(C)CNCc1ccc(F)c(N(C)C)c1. The molecule has 0 aliphatic carbocycles. The predicted molar refractivity (Wildman–Crippen MR) is 67.3 cm³/mol. The lowest BCUT2D eigenvalue weighted by atomic mass is 10.1. The highest BCUT2D eigenvalue weighted by molar-refractivity contribution is 5.48. The van der Waals surface area contributed by atoms with Gasteiger partial charge >= 0.3 is 0 Å². The van der Waals surface area contributed by atoms with Gasteiger partial charge in [-0.2, -0.15) is 0 Å². The summed E-state index contributed by atoms with van der Waals surface area (Å²) >= 11 is 0. The Kier molecular flexibility index (Phi) is 4.74. The third-order valence-electron chi connectivity index (χ3n) is 2.37. The molecule has 0 fully saturated rings. The molecule has 0 aliphatic rings. The molecule has 1 N–H and O–H groups in total. The van der Waals surface area contributed by atoms with Crippen molar-refractivity contribution in [2.45, 2.75) is 20.4 Å². The van der Waals surface area contributed by atoms with E-state index >= 15 is 0 Å². The van der Waals surface area contributed by atoms with Crippen LogP contribution < -0.4 is 10.2 Å². The van der Waals surface area contributed by atoms with Crippen LogP contribution in [-0.2, 0) is 6.54 Å². The van der Waals surface area contributed by atoms with Crippen molar-refractivity contribution in [2.24, 2.45) is 5.92 Å². The van der Waals surface area contributed by atoms with E-state index in [0.717, 1.165) is 18.7 Å². The van der Waals surface area contributed by atoms with Gasteiger partial charge in [-0.1, -0.05) is 19.9 Å². The minimum absolute atomic E-state index is 0.169. The highest BCUT2D eigenvalue weighted by Gasteiger charge is 2.05. The fraction of sp³-hybridized carbons (Fsp3) is 0.538. The molecule has 1 aromatic rings. The van der Waals surface area contributed by atoms with Gasteiger partial charge in [0.05, 0.1) is 5.69 Å². The molecule has 3 heteroatoms. The summed E-state index contributed by atoms with van der Waals surface area (Å²) in [7, 11) is 3.70. The number of hydrogen-bond donors (Lipinski definition) is 1. The number of halogens is 1. The van der Waals surface area contributed by atoms with Gasteiger partial charge in [0, 0.05) is 20.6 Å². The van der Waals surface area contributed by atoms with Crippen LogP contribution in [-0.4, -0.2) is 20.6 Å². The van der Waals surface area contributed by atoms with Gasteiger partial charge < -0.3 is 10.2 Å². The topological polar surface area (TPSA) is 15.3 Å². The molecule has 0 spiro atoms. The number of nitrogens with zero attached hydrogens (tertiary/aromatic N) is 1. The van der Waals surface area contributed by atoms with E-state index in [4.69, 9.17) is 0 Å². The number of hydrogen-bond acceptors (Lipinski definition) is 2. The molecule has 0 amide bonds. The zero-order chi connectivity index (χ0) is 12.1. The monoisotopic (exact) mass is 224 g/mol. The Hall–Kier alpha value is -1.09. The van der Waals surface area contributed by atoms with Crippen molar-refractivity contribution in [3.63, 3.8) is 0 Å². The summed E-state index contributed by atoms with van der Waals surface area (Å²) in [5.74, 6) is 0.464. The highest BCUT2D eigenvalue weighted by atomic mass is 19.1. The largest absolute Gasteiger partial charge is 0.375 e. The van der Waals surface area contributed by atoms with Crippen molar-refractivity contribution < 1.29 is 4.39 Å². The zero-order valence-electron chi connectivity index (χ0n) is 10.5. The van der Waals surface area contributed by atoms with E-state index in [1.54, 1.807) is 4.90 Å². The van der Waals surface area contributed by atoms with Gasteiger partial charge in [0.2, 0.25) is 0 Å². The molecule has 0 saturated carbocycles. The van der Waals surface area contributed by atoms with Crippen molar-refractivity contribution in [1.82, 2.24) is 5.32 Å². The van der Waals surface area contributed by atoms with Gasteiger partial charge in [-0.05, 0) is 30.2 Å². The van der Waals surface area contributed by atoms with Crippen molar-refractivity contribution in [2.75, 3.05) is 25.5 Å². The molecular weight excluding hydrogens is 203 g/mol. The first kappa shape index (κ1) is 13.0. The first-order chi connectivity index (χ1) is 7.50. The third kappa shape index (κ3) is 3.81. The summed E-state index contributed by atoms with van der Waals surface area (Å²) in [6.45, 7) is 6.11. The first-order valence-corrected chi connectivity index (χ1v) is 5.67. The fourth-order valence-electron chi connectivity index (χ4n) is 1.52. The Morgan fingerprint density at radius 2 is 2.00 bits per heavy atom. The Labute approximate surface area is 97.5 Å². The average Bonchev–Trinajstić information content (AvgIpc) is 2.19. The highest BCUT2D eigenvalue weighted by Crippen LogP contribution is 2.18. The zero-order valence-corrected chi connectivity index (χ0v) is 10.5. The van der Waals surface area contributed by atoms with E-state index in [0.29, 0.717) is 11.6 Å². The van der Waals surface area contributed by atoms with Crippen LogP contribution in [0, 0.1) is 11.7 Å². The van der Waals surface area contributed by atoms with E-state index in [1.807, 2.05) is 26.2 Å². The minimum atomic E-state index is -0.169. The van der Waals surface area contributed by atoms with Gasteiger partial charge in [0.25, 0.3) is 0 Å². The van der Waals surface area contributed by atoms with Crippen LogP contribution in [0.3, 0.4) is 0 Å². The second-order valence-electron chi connectivity index (χ2n) is 4.70. The van der Waals surface area contributed by atoms with Gasteiger partial charge in [-0.15, -0.1) is 0 Å². The number of rotatable bonds is 5.